The number of aromatic nitrogens is 5. The lowest BCUT2D eigenvalue weighted by atomic mass is 10.1. The molecule has 4 aromatic rings. The van der Waals surface area contributed by atoms with Gasteiger partial charge in [-0.25, -0.2) is 4.98 Å². The van der Waals surface area contributed by atoms with Crippen LogP contribution >= 0.6 is 0 Å². The van der Waals surface area contributed by atoms with Crippen molar-refractivity contribution in [3.05, 3.63) is 35.8 Å². The Morgan fingerprint density at radius 2 is 2.04 bits per heavy atom. The minimum absolute atomic E-state index is 0.222. The van der Waals surface area contributed by atoms with E-state index >= 15 is 0 Å². The van der Waals surface area contributed by atoms with Crippen LogP contribution in [0, 0.1) is 17.2 Å². The van der Waals surface area contributed by atoms with E-state index in [4.69, 9.17) is 4.98 Å². The normalized spacial score (nSPS) is 11.6. The maximum Gasteiger partial charge on any atom is 0.184 e. The summed E-state index contributed by atoms with van der Waals surface area (Å²) in [5, 5.41) is 21.2. The smallest absolute Gasteiger partial charge is 0.184 e. The summed E-state index contributed by atoms with van der Waals surface area (Å²) in [5.74, 6) is 2.00. The van der Waals surface area contributed by atoms with Gasteiger partial charge in [-0.2, -0.15) is 10.4 Å². The molecule has 0 radical (unpaired) electrons. The second-order valence-electron chi connectivity index (χ2n) is 7.77. The van der Waals surface area contributed by atoms with E-state index in [0.29, 0.717) is 17.3 Å². The quantitative estimate of drug-likeness (QED) is 0.481. The third-order valence-electron chi connectivity index (χ3n) is 4.55. The monoisotopic (exact) mass is 373 g/mol. The fourth-order valence-corrected chi connectivity index (χ4v) is 3.40. The summed E-state index contributed by atoms with van der Waals surface area (Å²) >= 11 is 0. The van der Waals surface area contributed by atoms with Crippen LogP contribution in [0.3, 0.4) is 0 Å². The molecule has 0 fully saturated rings. The molecule has 7 heteroatoms. The molecule has 4 rings (SSSR count). The first-order chi connectivity index (χ1) is 13.5. The second-order valence-corrected chi connectivity index (χ2v) is 7.77. The van der Waals surface area contributed by atoms with Gasteiger partial charge >= 0.3 is 0 Å². The van der Waals surface area contributed by atoms with Gasteiger partial charge in [0.15, 0.2) is 5.82 Å². The lowest BCUT2D eigenvalue weighted by Crippen LogP contribution is -2.11. The average Bonchev–Trinajstić information content (AvgIpc) is 3.25. The van der Waals surface area contributed by atoms with Gasteiger partial charge in [-0.1, -0.05) is 13.8 Å². The Balaban J connectivity index is 1.92. The van der Waals surface area contributed by atoms with E-state index < -0.39 is 0 Å². The number of nitrogens with one attached hydrogen (secondary N) is 3. The highest BCUT2D eigenvalue weighted by atomic mass is 15.2. The molecule has 0 saturated carbocycles. The molecule has 3 N–H and O–H groups in total. The predicted molar refractivity (Wildman–Crippen MR) is 111 cm³/mol. The molecule has 0 aliphatic carbocycles. The summed E-state index contributed by atoms with van der Waals surface area (Å²) in [6.07, 6.45) is 2.67. The zero-order chi connectivity index (χ0) is 19.8. The zero-order valence-corrected chi connectivity index (χ0v) is 16.5. The largest absolute Gasteiger partial charge is 0.380 e. The minimum Gasteiger partial charge on any atom is -0.380 e. The maximum atomic E-state index is 9.19. The van der Waals surface area contributed by atoms with E-state index in [1.165, 1.54) is 0 Å². The number of anilines is 1. The number of hydrogen-bond donors (Lipinski definition) is 3. The van der Waals surface area contributed by atoms with Crippen LogP contribution < -0.4 is 5.32 Å². The molecule has 0 bridgehead atoms. The Morgan fingerprint density at radius 3 is 2.75 bits per heavy atom. The summed E-state index contributed by atoms with van der Waals surface area (Å²) in [7, 11) is 0. The minimum atomic E-state index is 0.222. The summed E-state index contributed by atoms with van der Waals surface area (Å²) < 4.78 is 0. The Bertz CT molecular complexity index is 1190. The molecule has 0 aliphatic rings. The molecule has 7 nitrogen and oxygen atoms in total. The Kier molecular flexibility index (Phi) is 4.47. The highest BCUT2D eigenvalue weighted by molar-refractivity contribution is 6.11. The van der Waals surface area contributed by atoms with Gasteiger partial charge in [-0.3, -0.25) is 10.1 Å². The molecular formula is C21H23N7. The summed E-state index contributed by atoms with van der Waals surface area (Å²) in [6, 6.07) is 8.01. The third kappa shape index (κ3) is 3.18. The molecule has 0 spiro atoms. The SMILES string of the molecule is CC(C)Cc1nc(-c2cnc3c([nH]c4cc(C#N)ccc43)c2NC(C)C)n[nH]1. The highest BCUT2D eigenvalue weighted by Crippen LogP contribution is 2.35. The number of benzene rings is 1. The maximum absolute atomic E-state index is 9.19. The number of hydrogen-bond acceptors (Lipinski definition) is 5. The fraction of sp³-hybridized carbons (Fsp3) is 0.333. The molecule has 0 atom stereocenters. The zero-order valence-electron chi connectivity index (χ0n) is 16.5. The molecule has 3 heterocycles. The van der Waals surface area contributed by atoms with Gasteiger partial charge in [0, 0.05) is 29.6 Å². The average molecular weight is 373 g/mol. The second kappa shape index (κ2) is 6.97. The van der Waals surface area contributed by atoms with Crippen LogP contribution in [0.25, 0.3) is 33.3 Å². The van der Waals surface area contributed by atoms with Gasteiger partial charge in [0.25, 0.3) is 0 Å². The first-order valence-corrected chi connectivity index (χ1v) is 9.49. The third-order valence-corrected chi connectivity index (χ3v) is 4.55. The molecule has 142 valence electrons. The van der Waals surface area contributed by atoms with Crippen molar-refractivity contribution < 1.29 is 0 Å². The molecule has 3 aromatic heterocycles. The number of nitriles is 1. The van der Waals surface area contributed by atoms with Crippen molar-refractivity contribution in [1.29, 1.82) is 5.26 Å². The van der Waals surface area contributed by atoms with Gasteiger partial charge in [-0.15, -0.1) is 0 Å². The number of pyridine rings is 1. The van der Waals surface area contributed by atoms with Crippen LogP contribution in [0.2, 0.25) is 0 Å². The van der Waals surface area contributed by atoms with E-state index in [1.54, 1.807) is 0 Å². The lowest BCUT2D eigenvalue weighted by molar-refractivity contribution is 0.622. The standard InChI is InChI=1S/C21H23N7/c1-11(2)7-17-26-21(28-27-17)15-10-23-18-14-6-5-13(9-22)8-16(14)25-20(18)19(15)24-12(3)4/h5-6,8,10-12,25H,7H2,1-4H3,(H,23,24)(H,26,27,28). The van der Waals surface area contributed by atoms with E-state index in [-0.39, 0.29) is 6.04 Å². The molecule has 1 aromatic carbocycles. The summed E-state index contributed by atoms with van der Waals surface area (Å²) in [5.41, 5.74) is 5.03. The van der Waals surface area contributed by atoms with E-state index in [2.05, 4.69) is 59.2 Å². The number of nitrogens with zero attached hydrogens (tertiary/aromatic N) is 4. The Hall–Kier alpha value is -3.40. The molecule has 0 unspecified atom stereocenters. The molecular weight excluding hydrogens is 350 g/mol. The van der Waals surface area contributed by atoms with Crippen molar-refractivity contribution in [2.45, 2.75) is 40.2 Å². The van der Waals surface area contributed by atoms with Crippen LogP contribution in [-0.4, -0.2) is 31.2 Å². The fourth-order valence-electron chi connectivity index (χ4n) is 3.40. The van der Waals surface area contributed by atoms with E-state index in [1.807, 2.05) is 24.4 Å². The Labute approximate surface area is 163 Å². The summed E-state index contributed by atoms with van der Waals surface area (Å²) in [4.78, 5) is 12.8. The van der Waals surface area contributed by atoms with Crippen molar-refractivity contribution in [2.75, 3.05) is 5.32 Å². The van der Waals surface area contributed by atoms with Crippen LogP contribution in [0.5, 0.6) is 0 Å². The predicted octanol–water partition coefficient (Wildman–Crippen LogP) is 4.39. The molecule has 0 aliphatic heterocycles. The van der Waals surface area contributed by atoms with Crippen molar-refractivity contribution in [1.82, 2.24) is 25.1 Å². The first kappa shape index (κ1) is 18.0. The van der Waals surface area contributed by atoms with Crippen molar-refractivity contribution in [2.24, 2.45) is 5.92 Å². The van der Waals surface area contributed by atoms with Crippen LogP contribution in [0.4, 0.5) is 5.69 Å². The van der Waals surface area contributed by atoms with Crippen LogP contribution in [0.15, 0.2) is 24.4 Å². The number of fused-ring (bicyclic) bond motifs is 3. The van der Waals surface area contributed by atoms with Gasteiger partial charge in [0.1, 0.15) is 5.82 Å². The van der Waals surface area contributed by atoms with Gasteiger partial charge in [-0.05, 0) is 38.0 Å². The van der Waals surface area contributed by atoms with E-state index in [0.717, 1.165) is 45.4 Å². The topological polar surface area (TPSA) is 106 Å². The van der Waals surface area contributed by atoms with Crippen molar-refractivity contribution in [3.63, 3.8) is 0 Å². The molecule has 28 heavy (non-hydrogen) atoms. The van der Waals surface area contributed by atoms with Gasteiger partial charge in [0.05, 0.1) is 33.9 Å². The first-order valence-electron chi connectivity index (χ1n) is 9.49. The van der Waals surface area contributed by atoms with Crippen molar-refractivity contribution in [3.8, 4) is 17.5 Å². The Morgan fingerprint density at radius 1 is 1.21 bits per heavy atom. The van der Waals surface area contributed by atoms with E-state index in [9.17, 15) is 5.26 Å². The van der Waals surface area contributed by atoms with Crippen LogP contribution in [0.1, 0.15) is 39.1 Å². The number of rotatable bonds is 5. The highest BCUT2D eigenvalue weighted by Gasteiger charge is 2.19. The number of H-pyrrole nitrogens is 2. The van der Waals surface area contributed by atoms with Crippen LogP contribution in [-0.2, 0) is 6.42 Å². The van der Waals surface area contributed by atoms with Crippen molar-refractivity contribution >= 4 is 27.6 Å². The summed E-state index contributed by atoms with van der Waals surface area (Å²) in [6.45, 7) is 8.49. The van der Waals surface area contributed by atoms with Gasteiger partial charge < -0.3 is 10.3 Å². The lowest BCUT2D eigenvalue weighted by Gasteiger charge is -2.14. The molecule has 0 amide bonds. The number of aromatic amines is 2. The molecule has 0 saturated heterocycles. The van der Waals surface area contributed by atoms with Gasteiger partial charge in [0.2, 0.25) is 0 Å².